The van der Waals surface area contributed by atoms with Crippen molar-refractivity contribution >= 4 is 27.3 Å². The molecule has 0 bridgehead atoms. The summed E-state index contributed by atoms with van der Waals surface area (Å²) in [7, 11) is -2.45. The Kier molecular flexibility index (Phi) is 5.56. The average molecular weight is 353 g/mol. The highest BCUT2D eigenvalue weighted by atomic mass is 32.2. The van der Waals surface area contributed by atoms with Crippen LogP contribution < -0.4 is 4.72 Å². The number of nitrogens with one attached hydrogen (secondary N) is 1. The smallest absolute Gasteiger partial charge is 0.307 e. The monoisotopic (exact) mass is 353 g/mol. The maximum absolute atomic E-state index is 12.6. The number of benzene rings is 1. The SMILES string of the molecule is COC(=O)CC(NS(=O)(=O)c1ccc(C)c(C)c1)c1cccs1. The molecule has 23 heavy (non-hydrogen) atoms. The minimum Gasteiger partial charge on any atom is -0.469 e. The zero-order chi connectivity index (χ0) is 17.0. The highest BCUT2D eigenvalue weighted by Crippen LogP contribution is 2.25. The Morgan fingerprint density at radius 1 is 1.26 bits per heavy atom. The van der Waals surface area contributed by atoms with Gasteiger partial charge in [0.05, 0.1) is 24.5 Å². The number of sulfonamides is 1. The van der Waals surface area contributed by atoms with E-state index in [1.54, 1.807) is 24.3 Å². The summed E-state index contributed by atoms with van der Waals surface area (Å²) in [6, 6.07) is 7.92. The lowest BCUT2D eigenvalue weighted by molar-refractivity contribution is -0.141. The third-order valence-electron chi connectivity index (χ3n) is 3.57. The zero-order valence-corrected chi connectivity index (χ0v) is 14.8. The van der Waals surface area contributed by atoms with Gasteiger partial charge >= 0.3 is 5.97 Å². The minimum absolute atomic E-state index is 0.0545. The molecule has 0 amide bonds. The number of carbonyl (C=O) groups excluding carboxylic acids is 1. The van der Waals surface area contributed by atoms with E-state index >= 15 is 0 Å². The van der Waals surface area contributed by atoms with Crippen molar-refractivity contribution < 1.29 is 17.9 Å². The van der Waals surface area contributed by atoms with E-state index in [9.17, 15) is 13.2 Å². The number of ether oxygens (including phenoxy) is 1. The van der Waals surface area contributed by atoms with Crippen molar-refractivity contribution in [2.24, 2.45) is 0 Å². The molecule has 0 aliphatic heterocycles. The lowest BCUT2D eigenvalue weighted by Crippen LogP contribution is -2.30. The van der Waals surface area contributed by atoms with E-state index in [0.29, 0.717) is 0 Å². The highest BCUT2D eigenvalue weighted by molar-refractivity contribution is 7.89. The first kappa shape index (κ1) is 17.7. The van der Waals surface area contributed by atoms with Crippen LogP contribution in [-0.2, 0) is 19.6 Å². The molecule has 1 unspecified atom stereocenters. The lowest BCUT2D eigenvalue weighted by atomic mass is 10.1. The molecule has 1 aromatic heterocycles. The predicted molar refractivity (Wildman–Crippen MR) is 89.9 cm³/mol. The van der Waals surface area contributed by atoms with Crippen LogP contribution in [0.25, 0.3) is 0 Å². The third kappa shape index (κ3) is 4.40. The van der Waals surface area contributed by atoms with Gasteiger partial charge in [-0.15, -0.1) is 11.3 Å². The molecule has 1 atom stereocenters. The molecule has 5 nitrogen and oxygen atoms in total. The maximum atomic E-state index is 12.6. The molecule has 0 radical (unpaired) electrons. The molecule has 0 saturated heterocycles. The predicted octanol–water partition coefficient (Wildman–Crippen LogP) is 2.95. The standard InChI is InChI=1S/C16H19NO4S2/c1-11-6-7-13(9-12(11)2)23(19,20)17-14(10-16(18)21-3)15-5-4-8-22-15/h4-9,14,17H,10H2,1-3H3. The quantitative estimate of drug-likeness (QED) is 0.811. The van der Waals surface area contributed by atoms with Gasteiger partial charge in [0, 0.05) is 4.88 Å². The molecule has 1 aromatic carbocycles. The highest BCUT2D eigenvalue weighted by Gasteiger charge is 2.25. The van der Waals surface area contributed by atoms with Crippen LogP contribution in [0.15, 0.2) is 40.6 Å². The summed E-state index contributed by atoms with van der Waals surface area (Å²) < 4.78 is 32.5. The van der Waals surface area contributed by atoms with Crippen LogP contribution in [0.2, 0.25) is 0 Å². The van der Waals surface area contributed by atoms with E-state index in [-0.39, 0.29) is 11.3 Å². The third-order valence-corrected chi connectivity index (χ3v) is 6.03. The molecule has 1 heterocycles. The Morgan fingerprint density at radius 2 is 2.00 bits per heavy atom. The van der Waals surface area contributed by atoms with Crippen molar-refractivity contribution in [1.29, 1.82) is 0 Å². The second-order valence-corrected chi connectivity index (χ2v) is 7.91. The Labute approximate surface area is 140 Å². The summed E-state index contributed by atoms with van der Waals surface area (Å²) in [6.45, 7) is 3.78. The van der Waals surface area contributed by atoms with Gasteiger partial charge in [0.1, 0.15) is 0 Å². The summed E-state index contributed by atoms with van der Waals surface area (Å²) in [5.41, 5.74) is 1.92. The first-order chi connectivity index (χ1) is 10.8. The maximum Gasteiger partial charge on any atom is 0.307 e. The van der Waals surface area contributed by atoms with Crippen molar-refractivity contribution in [2.45, 2.75) is 31.2 Å². The van der Waals surface area contributed by atoms with Gasteiger partial charge in [0.25, 0.3) is 0 Å². The van der Waals surface area contributed by atoms with E-state index in [1.807, 2.05) is 25.3 Å². The van der Waals surface area contributed by atoms with Crippen LogP contribution in [0.1, 0.15) is 28.5 Å². The van der Waals surface area contributed by atoms with Crippen LogP contribution in [0.4, 0.5) is 0 Å². The Bertz CT molecular complexity index is 782. The van der Waals surface area contributed by atoms with Gasteiger partial charge in [-0.2, -0.15) is 0 Å². The molecule has 0 spiro atoms. The molecular weight excluding hydrogens is 334 g/mol. The molecule has 2 aromatic rings. The van der Waals surface area contributed by atoms with Crippen LogP contribution in [0.5, 0.6) is 0 Å². The number of thiophene rings is 1. The van der Waals surface area contributed by atoms with Gasteiger partial charge in [-0.05, 0) is 48.6 Å². The number of rotatable bonds is 6. The lowest BCUT2D eigenvalue weighted by Gasteiger charge is -2.17. The fourth-order valence-corrected chi connectivity index (χ4v) is 4.23. The zero-order valence-electron chi connectivity index (χ0n) is 13.2. The first-order valence-electron chi connectivity index (χ1n) is 7.03. The van der Waals surface area contributed by atoms with Crippen molar-refractivity contribution in [2.75, 3.05) is 7.11 Å². The average Bonchev–Trinajstić information content (AvgIpc) is 3.03. The molecule has 2 rings (SSSR count). The summed E-state index contributed by atoms with van der Waals surface area (Å²) in [4.78, 5) is 12.5. The van der Waals surface area contributed by atoms with Crippen molar-refractivity contribution in [3.63, 3.8) is 0 Å². The first-order valence-corrected chi connectivity index (χ1v) is 9.39. The van der Waals surface area contributed by atoms with Gasteiger partial charge in [0.2, 0.25) is 10.0 Å². The van der Waals surface area contributed by atoms with E-state index in [0.717, 1.165) is 16.0 Å². The van der Waals surface area contributed by atoms with E-state index < -0.39 is 22.0 Å². The molecule has 0 saturated carbocycles. The van der Waals surface area contributed by atoms with Gasteiger partial charge in [-0.3, -0.25) is 4.79 Å². The molecule has 0 aliphatic rings. The fraction of sp³-hybridized carbons (Fsp3) is 0.312. The summed E-state index contributed by atoms with van der Waals surface area (Å²) in [5.74, 6) is -0.466. The van der Waals surface area contributed by atoms with E-state index in [2.05, 4.69) is 9.46 Å². The topological polar surface area (TPSA) is 72.5 Å². The number of carbonyl (C=O) groups is 1. The second-order valence-electron chi connectivity index (χ2n) is 5.22. The van der Waals surface area contributed by atoms with Crippen LogP contribution >= 0.6 is 11.3 Å². The number of hydrogen-bond donors (Lipinski definition) is 1. The van der Waals surface area contributed by atoms with Gasteiger partial charge in [-0.25, -0.2) is 13.1 Å². The molecule has 0 aliphatic carbocycles. The molecule has 124 valence electrons. The normalized spacial score (nSPS) is 12.8. The number of hydrogen-bond acceptors (Lipinski definition) is 5. The molecule has 7 heteroatoms. The van der Waals surface area contributed by atoms with Gasteiger partial charge < -0.3 is 4.74 Å². The summed E-state index contributed by atoms with van der Waals surface area (Å²) in [6.07, 6.45) is -0.0545. The van der Waals surface area contributed by atoms with Crippen LogP contribution in [0.3, 0.4) is 0 Å². The Hall–Kier alpha value is -1.70. The minimum atomic E-state index is -3.73. The molecular formula is C16H19NO4S2. The van der Waals surface area contributed by atoms with Crippen molar-refractivity contribution in [3.05, 3.63) is 51.7 Å². The fourth-order valence-electron chi connectivity index (χ4n) is 2.08. The van der Waals surface area contributed by atoms with Crippen molar-refractivity contribution in [1.82, 2.24) is 4.72 Å². The van der Waals surface area contributed by atoms with Gasteiger partial charge in [-0.1, -0.05) is 12.1 Å². The van der Waals surface area contributed by atoms with Crippen molar-refractivity contribution in [3.8, 4) is 0 Å². The number of esters is 1. The second kappa shape index (κ2) is 7.25. The molecule has 1 N–H and O–H groups in total. The summed E-state index contributed by atoms with van der Waals surface area (Å²) >= 11 is 1.39. The summed E-state index contributed by atoms with van der Waals surface area (Å²) in [5, 5.41) is 1.84. The van der Waals surface area contributed by atoms with Crippen LogP contribution in [0, 0.1) is 13.8 Å². The van der Waals surface area contributed by atoms with E-state index in [1.165, 1.54) is 18.4 Å². The number of aryl methyl sites for hydroxylation is 2. The van der Waals surface area contributed by atoms with Crippen LogP contribution in [-0.4, -0.2) is 21.5 Å². The Morgan fingerprint density at radius 3 is 2.57 bits per heavy atom. The number of methoxy groups -OCH3 is 1. The Balaban J connectivity index is 2.30. The molecule has 0 fully saturated rings. The van der Waals surface area contributed by atoms with Gasteiger partial charge in [0.15, 0.2) is 0 Å². The largest absolute Gasteiger partial charge is 0.469 e. The van der Waals surface area contributed by atoms with E-state index in [4.69, 9.17) is 0 Å².